The third-order valence-corrected chi connectivity index (χ3v) is 5.78. The quantitative estimate of drug-likeness (QED) is 0.125. The van der Waals surface area contributed by atoms with E-state index in [4.69, 9.17) is 9.84 Å². The van der Waals surface area contributed by atoms with Gasteiger partial charge in [0, 0.05) is 12.8 Å². The Kier molecular flexibility index (Phi) is 23.4. The highest BCUT2D eigenvalue weighted by molar-refractivity contribution is 5.69. The molecule has 178 valence electrons. The second-order valence-electron chi connectivity index (χ2n) is 8.83. The average molecular weight is 427 g/mol. The normalized spacial score (nSPS) is 11.0. The highest BCUT2D eigenvalue weighted by Gasteiger charge is 2.02. The first-order valence-corrected chi connectivity index (χ1v) is 13.0. The van der Waals surface area contributed by atoms with Crippen LogP contribution in [0.15, 0.2) is 0 Å². The van der Waals surface area contributed by atoms with Gasteiger partial charge in [-0.25, -0.2) is 0 Å². The van der Waals surface area contributed by atoms with Crippen LogP contribution in [0.2, 0.25) is 0 Å². The summed E-state index contributed by atoms with van der Waals surface area (Å²) >= 11 is 0. The van der Waals surface area contributed by atoms with Crippen molar-refractivity contribution < 1.29 is 19.4 Å². The van der Waals surface area contributed by atoms with Gasteiger partial charge in [-0.3, -0.25) is 9.59 Å². The van der Waals surface area contributed by atoms with E-state index in [0.29, 0.717) is 19.4 Å². The van der Waals surface area contributed by atoms with Crippen LogP contribution < -0.4 is 0 Å². The molecule has 0 aromatic rings. The first kappa shape index (κ1) is 28.9. The molecule has 0 aliphatic carbocycles. The third kappa shape index (κ3) is 25.0. The van der Waals surface area contributed by atoms with Gasteiger partial charge in [0.25, 0.3) is 0 Å². The number of ether oxygens (including phenoxy) is 1. The van der Waals surface area contributed by atoms with Crippen molar-refractivity contribution in [3.05, 3.63) is 0 Å². The second kappa shape index (κ2) is 24.2. The molecule has 30 heavy (non-hydrogen) atoms. The zero-order chi connectivity index (χ0) is 22.1. The van der Waals surface area contributed by atoms with Crippen LogP contribution in [-0.2, 0) is 14.3 Å². The topological polar surface area (TPSA) is 63.6 Å². The van der Waals surface area contributed by atoms with Crippen molar-refractivity contribution in [3.8, 4) is 0 Å². The Balaban J connectivity index is 3.14. The van der Waals surface area contributed by atoms with Crippen molar-refractivity contribution in [2.45, 2.75) is 148 Å². The van der Waals surface area contributed by atoms with Crippen molar-refractivity contribution in [2.75, 3.05) is 6.61 Å². The summed E-state index contributed by atoms with van der Waals surface area (Å²) < 4.78 is 5.34. The summed E-state index contributed by atoms with van der Waals surface area (Å²) in [6.07, 6.45) is 25.1. The van der Waals surface area contributed by atoms with Gasteiger partial charge in [0.05, 0.1) is 6.61 Å². The average Bonchev–Trinajstić information content (AvgIpc) is 2.72. The van der Waals surface area contributed by atoms with Gasteiger partial charge in [0.2, 0.25) is 0 Å². The highest BCUT2D eigenvalue weighted by atomic mass is 16.5. The molecule has 0 heterocycles. The van der Waals surface area contributed by atoms with Crippen LogP contribution in [0.1, 0.15) is 148 Å². The molecule has 0 aromatic carbocycles. The number of hydrogen-bond acceptors (Lipinski definition) is 3. The molecule has 4 heteroatoms. The van der Waals surface area contributed by atoms with E-state index in [1.54, 1.807) is 0 Å². The number of hydrogen-bond donors (Lipinski definition) is 1. The smallest absolute Gasteiger partial charge is 0.305 e. The first-order chi connectivity index (χ1) is 14.7. The van der Waals surface area contributed by atoms with Gasteiger partial charge in [0.15, 0.2) is 0 Å². The summed E-state index contributed by atoms with van der Waals surface area (Å²) in [6.45, 7) is 2.84. The maximum atomic E-state index is 11.7. The Bertz CT molecular complexity index is 381. The molecule has 0 radical (unpaired) electrons. The Morgan fingerprint density at radius 2 is 0.900 bits per heavy atom. The molecule has 0 saturated heterocycles. The molecule has 0 rings (SSSR count). The summed E-state index contributed by atoms with van der Waals surface area (Å²) in [4.78, 5) is 22.1. The lowest BCUT2D eigenvalue weighted by atomic mass is 10.0. The molecule has 0 aliphatic heterocycles. The van der Waals surface area contributed by atoms with Crippen LogP contribution in [-0.4, -0.2) is 23.7 Å². The van der Waals surface area contributed by atoms with E-state index in [1.165, 1.54) is 89.9 Å². The molecule has 4 nitrogen and oxygen atoms in total. The number of carbonyl (C=O) groups excluding carboxylic acids is 1. The van der Waals surface area contributed by atoms with Gasteiger partial charge in [-0.15, -0.1) is 0 Å². The fourth-order valence-corrected chi connectivity index (χ4v) is 3.81. The molecule has 0 amide bonds. The number of esters is 1. The molecule has 0 atom stereocenters. The number of aliphatic carboxylic acids is 1. The first-order valence-electron chi connectivity index (χ1n) is 13.0. The fourth-order valence-electron chi connectivity index (χ4n) is 3.81. The van der Waals surface area contributed by atoms with E-state index in [9.17, 15) is 9.59 Å². The summed E-state index contributed by atoms with van der Waals surface area (Å²) in [5.41, 5.74) is 0. The maximum Gasteiger partial charge on any atom is 0.305 e. The largest absolute Gasteiger partial charge is 0.481 e. The number of carboxylic acid groups (broad SMARTS) is 1. The molecule has 0 aliphatic rings. The van der Waals surface area contributed by atoms with Crippen LogP contribution in [0.5, 0.6) is 0 Å². The summed E-state index contributed by atoms with van der Waals surface area (Å²) in [5.74, 6) is -0.684. The predicted molar refractivity (Wildman–Crippen MR) is 126 cm³/mol. The Morgan fingerprint density at radius 1 is 0.533 bits per heavy atom. The lowest BCUT2D eigenvalue weighted by molar-refractivity contribution is -0.144. The van der Waals surface area contributed by atoms with Crippen LogP contribution in [0.25, 0.3) is 0 Å². The number of unbranched alkanes of at least 4 members (excludes halogenated alkanes) is 18. The van der Waals surface area contributed by atoms with Crippen LogP contribution in [0, 0.1) is 0 Å². The van der Waals surface area contributed by atoms with Crippen molar-refractivity contribution in [1.82, 2.24) is 0 Å². The minimum absolute atomic E-state index is 0.0102. The number of carboxylic acids is 1. The summed E-state index contributed by atoms with van der Waals surface area (Å²) in [7, 11) is 0. The van der Waals surface area contributed by atoms with Gasteiger partial charge < -0.3 is 9.84 Å². The van der Waals surface area contributed by atoms with Crippen molar-refractivity contribution >= 4 is 11.9 Å². The molecule has 0 aromatic heterocycles. The molecular formula is C26H50O4. The van der Waals surface area contributed by atoms with Crippen molar-refractivity contribution in [3.63, 3.8) is 0 Å². The van der Waals surface area contributed by atoms with Crippen LogP contribution in [0.4, 0.5) is 0 Å². The van der Waals surface area contributed by atoms with Gasteiger partial charge in [0.1, 0.15) is 0 Å². The van der Waals surface area contributed by atoms with Gasteiger partial charge >= 0.3 is 11.9 Å². The second-order valence-corrected chi connectivity index (χ2v) is 8.83. The fraction of sp³-hybridized carbons (Fsp3) is 0.923. The molecule has 0 bridgehead atoms. The molecule has 0 fully saturated rings. The maximum absolute atomic E-state index is 11.7. The van der Waals surface area contributed by atoms with Gasteiger partial charge in [-0.1, -0.05) is 116 Å². The number of rotatable bonds is 24. The van der Waals surface area contributed by atoms with Crippen LogP contribution >= 0.6 is 0 Å². The lowest BCUT2D eigenvalue weighted by Crippen LogP contribution is -2.05. The highest BCUT2D eigenvalue weighted by Crippen LogP contribution is 2.13. The predicted octanol–water partition coefficient (Wildman–Crippen LogP) is 8.22. The van der Waals surface area contributed by atoms with E-state index in [1.807, 2.05) is 0 Å². The molecular weight excluding hydrogens is 376 g/mol. The minimum atomic E-state index is -0.674. The molecule has 0 unspecified atom stereocenters. The molecule has 0 spiro atoms. The molecule has 1 N–H and O–H groups in total. The van der Waals surface area contributed by atoms with Crippen molar-refractivity contribution in [2.24, 2.45) is 0 Å². The van der Waals surface area contributed by atoms with Gasteiger partial charge in [-0.2, -0.15) is 0 Å². The zero-order valence-corrected chi connectivity index (χ0v) is 19.9. The van der Waals surface area contributed by atoms with E-state index in [0.717, 1.165) is 38.5 Å². The van der Waals surface area contributed by atoms with Gasteiger partial charge in [-0.05, 0) is 19.3 Å². The van der Waals surface area contributed by atoms with Crippen molar-refractivity contribution in [1.29, 1.82) is 0 Å². The monoisotopic (exact) mass is 426 g/mol. The number of carbonyl (C=O) groups is 2. The van der Waals surface area contributed by atoms with E-state index in [-0.39, 0.29) is 5.97 Å². The Hall–Kier alpha value is -1.06. The third-order valence-electron chi connectivity index (χ3n) is 5.78. The Labute approximate surface area is 186 Å². The van der Waals surface area contributed by atoms with Crippen LogP contribution in [0.3, 0.4) is 0 Å². The summed E-state index contributed by atoms with van der Waals surface area (Å²) in [5, 5.41) is 8.58. The minimum Gasteiger partial charge on any atom is -0.481 e. The van der Waals surface area contributed by atoms with E-state index in [2.05, 4.69) is 6.92 Å². The zero-order valence-electron chi connectivity index (χ0n) is 19.9. The lowest BCUT2D eigenvalue weighted by Gasteiger charge is -2.05. The molecule has 0 saturated carbocycles. The summed E-state index contributed by atoms with van der Waals surface area (Å²) in [6, 6.07) is 0. The standard InChI is InChI=1S/C26H50O4/c1-2-3-4-5-6-14-17-20-23-26(29)30-24-21-18-15-12-10-8-7-9-11-13-16-19-22-25(27)28/h2-24H2,1H3,(H,27,28). The SMILES string of the molecule is CCCCCCCCCCC(=O)OCCCCCCCCCCCCCCC(=O)O. The Morgan fingerprint density at radius 3 is 1.33 bits per heavy atom. The van der Waals surface area contributed by atoms with E-state index < -0.39 is 5.97 Å². The van der Waals surface area contributed by atoms with E-state index >= 15 is 0 Å².